The normalized spacial score (nSPS) is 17.2. The lowest BCUT2D eigenvalue weighted by molar-refractivity contribution is 0.188. The number of aromatic nitrogens is 4. The smallest absolute Gasteiger partial charge is 0.124 e. The Morgan fingerprint density at radius 1 is 0.974 bits per heavy atom. The molecular formula is C31H39N5O3. The van der Waals surface area contributed by atoms with Crippen molar-refractivity contribution < 1.29 is 14.6 Å². The number of anilines is 2. The van der Waals surface area contributed by atoms with Crippen molar-refractivity contribution in [3.8, 4) is 22.8 Å². The van der Waals surface area contributed by atoms with Gasteiger partial charge in [-0.2, -0.15) is 5.10 Å². The van der Waals surface area contributed by atoms with E-state index in [0.717, 1.165) is 71.0 Å². The molecule has 2 aromatic carbocycles. The molecule has 0 spiro atoms. The van der Waals surface area contributed by atoms with Gasteiger partial charge in [0.1, 0.15) is 11.5 Å². The summed E-state index contributed by atoms with van der Waals surface area (Å²) in [4.78, 5) is 12.0. The van der Waals surface area contributed by atoms with E-state index in [-0.39, 0.29) is 6.04 Å². The molecule has 2 aromatic heterocycles. The zero-order valence-electron chi connectivity index (χ0n) is 23.4. The summed E-state index contributed by atoms with van der Waals surface area (Å²) in [5.41, 5.74) is 5.47. The molecule has 206 valence electrons. The Morgan fingerprint density at radius 2 is 1.74 bits per heavy atom. The van der Waals surface area contributed by atoms with Crippen LogP contribution in [-0.2, 0) is 0 Å². The molecule has 2 heterocycles. The average Bonchev–Trinajstić information content (AvgIpc) is 3.64. The van der Waals surface area contributed by atoms with Gasteiger partial charge in [-0.25, -0.2) is 4.98 Å². The lowest BCUT2D eigenvalue weighted by Crippen LogP contribution is -2.20. The molecule has 1 unspecified atom stereocenters. The van der Waals surface area contributed by atoms with Crippen molar-refractivity contribution in [3.05, 3.63) is 55.0 Å². The van der Waals surface area contributed by atoms with Gasteiger partial charge in [0, 0.05) is 60.5 Å². The fourth-order valence-electron chi connectivity index (χ4n) is 5.66. The van der Waals surface area contributed by atoms with Crippen LogP contribution in [0.25, 0.3) is 22.3 Å². The minimum absolute atomic E-state index is 0.282. The highest BCUT2D eigenvalue weighted by Crippen LogP contribution is 2.37. The van der Waals surface area contributed by atoms with E-state index < -0.39 is 0 Å². The molecular weight excluding hydrogens is 490 g/mol. The van der Waals surface area contributed by atoms with Crippen LogP contribution in [-0.4, -0.2) is 52.2 Å². The molecule has 0 radical (unpaired) electrons. The number of ether oxygens (including phenoxy) is 2. The first-order valence-corrected chi connectivity index (χ1v) is 13.9. The number of fused-ring (bicyclic) bond motifs is 1. The van der Waals surface area contributed by atoms with Gasteiger partial charge in [0.25, 0.3) is 0 Å². The Balaban J connectivity index is 1.48. The van der Waals surface area contributed by atoms with Gasteiger partial charge in [-0.3, -0.25) is 9.67 Å². The van der Waals surface area contributed by atoms with Crippen LogP contribution in [0.4, 0.5) is 11.4 Å². The number of methoxy groups -OCH3 is 2. The Kier molecular flexibility index (Phi) is 8.31. The van der Waals surface area contributed by atoms with Crippen LogP contribution in [0, 0.1) is 11.8 Å². The van der Waals surface area contributed by atoms with Crippen LogP contribution < -0.4 is 14.4 Å². The number of hydrogen-bond acceptors (Lipinski definition) is 7. The van der Waals surface area contributed by atoms with E-state index in [9.17, 15) is 5.11 Å². The zero-order valence-corrected chi connectivity index (χ0v) is 23.4. The number of aliphatic hydroxyl groups excluding tert-OH is 1. The molecule has 0 bridgehead atoms. The van der Waals surface area contributed by atoms with Crippen LogP contribution in [0.5, 0.6) is 11.5 Å². The summed E-state index contributed by atoms with van der Waals surface area (Å²) < 4.78 is 13.1. The molecule has 4 aromatic rings. The largest absolute Gasteiger partial charge is 0.497 e. The van der Waals surface area contributed by atoms with E-state index in [1.165, 1.54) is 12.8 Å². The van der Waals surface area contributed by atoms with Gasteiger partial charge in [0.2, 0.25) is 0 Å². The fraction of sp³-hybridized carbons (Fsp3) is 0.452. The van der Waals surface area contributed by atoms with Crippen LogP contribution in [0.3, 0.4) is 0 Å². The van der Waals surface area contributed by atoms with Crippen LogP contribution in [0.15, 0.2) is 55.0 Å². The summed E-state index contributed by atoms with van der Waals surface area (Å²) >= 11 is 0. The maximum atomic E-state index is 9.79. The molecule has 2 atom stereocenters. The number of aliphatic hydroxyl groups is 1. The summed E-state index contributed by atoms with van der Waals surface area (Å²) in [5.74, 6) is 2.52. The summed E-state index contributed by atoms with van der Waals surface area (Å²) in [6, 6.07) is 12.5. The lowest BCUT2D eigenvalue weighted by atomic mass is 9.92. The quantitative estimate of drug-likeness (QED) is 0.240. The van der Waals surface area contributed by atoms with E-state index >= 15 is 0 Å². The second-order valence-electron chi connectivity index (χ2n) is 10.7. The van der Waals surface area contributed by atoms with Crippen molar-refractivity contribution in [1.29, 1.82) is 0 Å². The van der Waals surface area contributed by atoms with Crippen LogP contribution in [0.1, 0.15) is 52.0 Å². The Morgan fingerprint density at radius 3 is 2.44 bits per heavy atom. The monoisotopic (exact) mass is 529 g/mol. The molecule has 1 aliphatic rings. The third-order valence-electron chi connectivity index (χ3n) is 7.92. The molecule has 0 saturated heterocycles. The Bertz CT molecular complexity index is 1380. The zero-order chi connectivity index (χ0) is 27.4. The number of benzene rings is 2. The fourth-order valence-corrected chi connectivity index (χ4v) is 5.66. The highest BCUT2D eigenvalue weighted by Gasteiger charge is 2.26. The standard InChI is InChI=1S/C31H39N5O3/c1-21(2)36-19-24(17-33-36)31-18-32-29-11-10-25(15-30(29)34-31)35(12-6-9-22-7-5-8-23(22)20-37)26-13-27(38-3)16-28(14-26)39-4/h10-11,13-19,21-23,37H,5-9,12,20H2,1-4H3/t22?,23-/m0/s1. The predicted octanol–water partition coefficient (Wildman–Crippen LogP) is 6.42. The van der Waals surface area contributed by atoms with Gasteiger partial charge < -0.3 is 19.5 Å². The van der Waals surface area contributed by atoms with Crippen molar-refractivity contribution in [2.75, 3.05) is 32.3 Å². The first-order chi connectivity index (χ1) is 19.0. The van der Waals surface area contributed by atoms with Gasteiger partial charge in [0.05, 0.1) is 43.3 Å². The van der Waals surface area contributed by atoms with Gasteiger partial charge in [0.15, 0.2) is 0 Å². The summed E-state index contributed by atoms with van der Waals surface area (Å²) in [7, 11) is 3.35. The van der Waals surface area contributed by atoms with Crippen molar-refractivity contribution in [2.24, 2.45) is 11.8 Å². The van der Waals surface area contributed by atoms with Gasteiger partial charge >= 0.3 is 0 Å². The second kappa shape index (κ2) is 12.0. The summed E-state index contributed by atoms with van der Waals surface area (Å²) in [6.07, 6.45) is 11.3. The molecule has 0 aliphatic heterocycles. The highest BCUT2D eigenvalue weighted by atomic mass is 16.5. The SMILES string of the molecule is COc1cc(OC)cc(N(CCCC2CCC[C@H]2CO)c2ccc3ncc(-c4cnn(C(C)C)c4)nc3c2)c1. The minimum Gasteiger partial charge on any atom is -0.497 e. The lowest BCUT2D eigenvalue weighted by Gasteiger charge is -2.27. The van der Waals surface area contributed by atoms with E-state index in [0.29, 0.717) is 18.4 Å². The highest BCUT2D eigenvalue weighted by molar-refractivity contribution is 5.82. The summed E-state index contributed by atoms with van der Waals surface area (Å²) in [6.45, 7) is 5.33. The van der Waals surface area contributed by atoms with Crippen molar-refractivity contribution in [3.63, 3.8) is 0 Å². The number of nitrogens with zero attached hydrogens (tertiary/aromatic N) is 5. The summed E-state index contributed by atoms with van der Waals surface area (Å²) in [5, 5.41) is 14.3. The maximum absolute atomic E-state index is 9.79. The van der Waals surface area contributed by atoms with Crippen LogP contribution in [0.2, 0.25) is 0 Å². The van der Waals surface area contributed by atoms with E-state index in [1.54, 1.807) is 14.2 Å². The topological polar surface area (TPSA) is 85.5 Å². The molecule has 5 rings (SSSR count). The Hall–Kier alpha value is -3.65. The van der Waals surface area contributed by atoms with Crippen LogP contribution >= 0.6 is 0 Å². The van der Waals surface area contributed by atoms with Crippen molar-refractivity contribution in [2.45, 2.75) is 52.0 Å². The predicted molar refractivity (Wildman–Crippen MR) is 155 cm³/mol. The molecule has 1 saturated carbocycles. The third-order valence-corrected chi connectivity index (χ3v) is 7.92. The van der Waals surface area contributed by atoms with Crippen molar-refractivity contribution >= 4 is 22.4 Å². The average molecular weight is 530 g/mol. The maximum Gasteiger partial charge on any atom is 0.124 e. The van der Waals surface area contributed by atoms with E-state index in [1.807, 2.05) is 47.5 Å². The molecule has 8 nitrogen and oxygen atoms in total. The van der Waals surface area contributed by atoms with E-state index in [4.69, 9.17) is 19.4 Å². The van der Waals surface area contributed by atoms with Gasteiger partial charge in [-0.05, 0) is 63.1 Å². The molecule has 1 fully saturated rings. The molecule has 39 heavy (non-hydrogen) atoms. The van der Waals surface area contributed by atoms with Crippen molar-refractivity contribution in [1.82, 2.24) is 19.7 Å². The molecule has 0 amide bonds. The van der Waals surface area contributed by atoms with E-state index in [2.05, 4.69) is 36.0 Å². The number of hydrogen-bond donors (Lipinski definition) is 1. The first-order valence-electron chi connectivity index (χ1n) is 13.9. The molecule has 1 N–H and O–H groups in total. The molecule has 8 heteroatoms. The van der Waals surface area contributed by atoms with Gasteiger partial charge in [-0.1, -0.05) is 12.8 Å². The second-order valence-corrected chi connectivity index (χ2v) is 10.7. The molecule has 1 aliphatic carbocycles. The van der Waals surface area contributed by atoms with Gasteiger partial charge in [-0.15, -0.1) is 0 Å². The number of rotatable bonds is 11. The minimum atomic E-state index is 0.282. The third kappa shape index (κ3) is 6.01. The Labute approximate surface area is 230 Å². The first kappa shape index (κ1) is 26.9.